The Morgan fingerprint density at radius 2 is 2.12 bits per heavy atom. The fourth-order valence-electron chi connectivity index (χ4n) is 1.42. The van der Waals surface area contributed by atoms with E-state index in [0.29, 0.717) is 6.54 Å². The summed E-state index contributed by atoms with van der Waals surface area (Å²) in [5, 5.41) is 5.24. The predicted molar refractivity (Wildman–Crippen MR) is 63.1 cm³/mol. The highest BCUT2D eigenvalue weighted by atomic mass is 79.9. The summed E-state index contributed by atoms with van der Waals surface area (Å²) in [5.74, 6) is -0.313. The van der Waals surface area contributed by atoms with E-state index in [2.05, 4.69) is 26.6 Å². The Bertz CT molecular complexity index is 408. The summed E-state index contributed by atoms with van der Waals surface area (Å²) in [6.45, 7) is 0.513. The van der Waals surface area contributed by atoms with Crippen LogP contribution in [0.5, 0.6) is 0 Å². The Kier molecular flexibility index (Phi) is 3.24. The van der Waals surface area contributed by atoms with Crippen LogP contribution in [0.15, 0.2) is 30.3 Å². The maximum atomic E-state index is 11.8. The van der Waals surface area contributed by atoms with Crippen molar-refractivity contribution in [3.8, 4) is 0 Å². The number of β-lactam (4-membered cyclic amide) rings is 1. The lowest BCUT2D eigenvalue weighted by Crippen LogP contribution is -2.62. The van der Waals surface area contributed by atoms with Crippen LogP contribution in [0.1, 0.15) is 10.4 Å². The van der Waals surface area contributed by atoms with Gasteiger partial charge in [0, 0.05) is 6.54 Å². The molecule has 1 aromatic rings. The Morgan fingerprint density at radius 3 is 2.62 bits per heavy atom. The van der Waals surface area contributed by atoms with Crippen LogP contribution < -0.4 is 10.6 Å². The number of carbonyl (C=O) groups excluding carboxylic acids is 2. The van der Waals surface area contributed by atoms with Crippen LogP contribution in [0.2, 0.25) is 0 Å². The van der Waals surface area contributed by atoms with E-state index in [1.807, 2.05) is 30.3 Å². The summed E-state index contributed by atoms with van der Waals surface area (Å²) in [4.78, 5) is 22.3. The van der Waals surface area contributed by atoms with E-state index in [1.54, 1.807) is 0 Å². The third kappa shape index (κ3) is 2.24. The molecule has 1 aromatic carbocycles. The summed E-state index contributed by atoms with van der Waals surface area (Å²) in [6.07, 6.45) is 0. The number of halogens is 1. The molecule has 84 valence electrons. The van der Waals surface area contributed by atoms with Gasteiger partial charge >= 0.3 is 0 Å². The molecule has 2 rings (SSSR count). The number of hydrogen-bond donors (Lipinski definition) is 2. The van der Waals surface area contributed by atoms with Crippen molar-refractivity contribution in [3.63, 3.8) is 0 Å². The fourth-order valence-corrected chi connectivity index (χ4v) is 1.86. The molecule has 0 spiro atoms. The van der Waals surface area contributed by atoms with E-state index in [4.69, 9.17) is 0 Å². The lowest BCUT2D eigenvalue weighted by Gasteiger charge is -2.27. The molecule has 2 unspecified atom stereocenters. The number of nitrogens with one attached hydrogen (secondary N) is 2. The minimum Gasteiger partial charge on any atom is -0.352 e. The zero-order chi connectivity index (χ0) is 11.5. The molecule has 1 aliphatic rings. The van der Waals surface area contributed by atoms with Crippen molar-refractivity contribution in [2.24, 2.45) is 0 Å². The monoisotopic (exact) mass is 282 g/mol. The number of alkyl halides is 1. The maximum Gasteiger partial charge on any atom is 0.244 e. The van der Waals surface area contributed by atoms with Gasteiger partial charge in [-0.15, -0.1) is 0 Å². The zero-order valence-corrected chi connectivity index (χ0v) is 10.0. The van der Waals surface area contributed by atoms with Gasteiger partial charge in [-0.05, 0) is 5.56 Å². The Hall–Kier alpha value is -1.36. The molecule has 2 atom stereocenters. The molecule has 0 bridgehead atoms. The molecule has 2 amide bonds. The summed E-state index contributed by atoms with van der Waals surface area (Å²) < 4.78 is 0. The van der Waals surface area contributed by atoms with Gasteiger partial charge < -0.3 is 10.6 Å². The number of amides is 2. The lowest BCUT2D eigenvalue weighted by atomic mass is 10.1. The molecule has 0 aliphatic carbocycles. The molecule has 0 aromatic heterocycles. The first-order chi connectivity index (χ1) is 7.68. The number of rotatable bonds is 3. The Balaban J connectivity index is 1.97. The Morgan fingerprint density at radius 1 is 1.44 bits per heavy atom. The van der Waals surface area contributed by atoms with Crippen LogP contribution in [0.25, 0.3) is 0 Å². The van der Waals surface area contributed by atoms with Crippen LogP contribution in [0, 0.1) is 0 Å². The minimum absolute atomic E-state index is 0.124. The SMILES string of the molecule is O=C1NCC1NC(=O)C(Br)c1ccccc1. The maximum absolute atomic E-state index is 11.8. The molecular formula is C11H11BrN2O2. The van der Waals surface area contributed by atoms with Crippen LogP contribution in [0.3, 0.4) is 0 Å². The van der Waals surface area contributed by atoms with Gasteiger partial charge in [0.15, 0.2) is 0 Å². The highest BCUT2D eigenvalue weighted by Gasteiger charge is 2.30. The van der Waals surface area contributed by atoms with E-state index in [9.17, 15) is 9.59 Å². The van der Waals surface area contributed by atoms with Crippen LogP contribution in [-0.4, -0.2) is 24.4 Å². The van der Waals surface area contributed by atoms with Crippen molar-refractivity contribution in [1.29, 1.82) is 0 Å². The second-order valence-corrected chi connectivity index (χ2v) is 4.50. The molecule has 1 fully saturated rings. The quantitative estimate of drug-likeness (QED) is 0.635. The van der Waals surface area contributed by atoms with Gasteiger partial charge in [-0.25, -0.2) is 0 Å². The Labute approximate surface area is 102 Å². The molecule has 1 aliphatic heterocycles. The van der Waals surface area contributed by atoms with Crippen molar-refractivity contribution < 1.29 is 9.59 Å². The molecule has 1 heterocycles. The average Bonchev–Trinajstić information content (AvgIpc) is 2.34. The van der Waals surface area contributed by atoms with Crippen molar-refractivity contribution in [2.75, 3.05) is 6.54 Å². The molecule has 4 nitrogen and oxygen atoms in total. The van der Waals surface area contributed by atoms with Gasteiger partial charge in [0.05, 0.1) is 0 Å². The first-order valence-corrected chi connectivity index (χ1v) is 5.87. The number of carbonyl (C=O) groups is 2. The van der Waals surface area contributed by atoms with E-state index in [-0.39, 0.29) is 17.9 Å². The zero-order valence-electron chi connectivity index (χ0n) is 8.44. The average molecular weight is 283 g/mol. The molecule has 2 N–H and O–H groups in total. The van der Waals surface area contributed by atoms with Gasteiger partial charge in [-0.2, -0.15) is 0 Å². The van der Waals surface area contributed by atoms with Crippen molar-refractivity contribution in [1.82, 2.24) is 10.6 Å². The third-order valence-corrected chi connectivity index (χ3v) is 3.38. The molecule has 0 radical (unpaired) electrons. The van der Waals surface area contributed by atoms with E-state index >= 15 is 0 Å². The normalized spacial score (nSPS) is 20.6. The second kappa shape index (κ2) is 4.65. The topological polar surface area (TPSA) is 58.2 Å². The largest absolute Gasteiger partial charge is 0.352 e. The third-order valence-electron chi connectivity index (χ3n) is 2.44. The van der Waals surface area contributed by atoms with Crippen LogP contribution in [-0.2, 0) is 9.59 Å². The minimum atomic E-state index is -0.415. The number of hydrogen-bond acceptors (Lipinski definition) is 2. The highest BCUT2D eigenvalue weighted by molar-refractivity contribution is 9.09. The first-order valence-electron chi connectivity index (χ1n) is 4.95. The summed E-state index contributed by atoms with van der Waals surface area (Å²) in [6, 6.07) is 8.97. The highest BCUT2D eigenvalue weighted by Crippen LogP contribution is 2.22. The van der Waals surface area contributed by atoms with Crippen molar-refractivity contribution in [2.45, 2.75) is 10.9 Å². The lowest BCUT2D eigenvalue weighted by molar-refractivity contribution is -0.133. The van der Waals surface area contributed by atoms with E-state index in [0.717, 1.165) is 5.56 Å². The van der Waals surface area contributed by atoms with E-state index in [1.165, 1.54) is 0 Å². The van der Waals surface area contributed by atoms with Gasteiger partial charge in [0.1, 0.15) is 10.9 Å². The molecule has 16 heavy (non-hydrogen) atoms. The fraction of sp³-hybridized carbons (Fsp3) is 0.273. The van der Waals surface area contributed by atoms with E-state index < -0.39 is 4.83 Å². The molecule has 1 saturated heterocycles. The molecule has 5 heteroatoms. The van der Waals surface area contributed by atoms with Gasteiger partial charge in [-0.3, -0.25) is 9.59 Å². The summed E-state index contributed by atoms with van der Waals surface area (Å²) >= 11 is 3.31. The van der Waals surface area contributed by atoms with Gasteiger partial charge in [0.2, 0.25) is 11.8 Å². The standard InChI is InChI=1S/C11H11BrN2O2/c12-9(7-4-2-1-3-5-7)11(16)14-8-6-13-10(8)15/h1-5,8-9H,6H2,(H,13,15)(H,14,16). The molecule has 0 saturated carbocycles. The molecular weight excluding hydrogens is 272 g/mol. The summed E-state index contributed by atoms with van der Waals surface area (Å²) in [5.41, 5.74) is 0.875. The number of benzene rings is 1. The predicted octanol–water partition coefficient (Wildman–Crippen LogP) is 0.737. The van der Waals surface area contributed by atoms with Gasteiger partial charge in [-0.1, -0.05) is 46.3 Å². The van der Waals surface area contributed by atoms with Gasteiger partial charge in [0.25, 0.3) is 0 Å². The second-order valence-electron chi connectivity index (χ2n) is 3.58. The van der Waals surface area contributed by atoms with Crippen LogP contribution >= 0.6 is 15.9 Å². The van der Waals surface area contributed by atoms with Crippen molar-refractivity contribution in [3.05, 3.63) is 35.9 Å². The first kappa shape index (κ1) is 11.1. The summed E-state index contributed by atoms with van der Waals surface area (Å²) in [7, 11) is 0. The van der Waals surface area contributed by atoms with Crippen molar-refractivity contribution >= 4 is 27.7 Å². The van der Waals surface area contributed by atoms with Crippen LogP contribution in [0.4, 0.5) is 0 Å². The smallest absolute Gasteiger partial charge is 0.244 e.